The van der Waals surface area contributed by atoms with Crippen molar-refractivity contribution in [3.05, 3.63) is 67.5 Å². The number of amides is 1. The monoisotopic (exact) mass is 333 g/mol. The summed E-state index contributed by atoms with van der Waals surface area (Å²) in [6.07, 6.45) is 1.25. The van der Waals surface area contributed by atoms with Crippen molar-refractivity contribution in [2.24, 2.45) is 0 Å². The second-order valence-corrected chi connectivity index (χ2v) is 4.82. The van der Waals surface area contributed by atoms with Crippen molar-refractivity contribution in [3.8, 4) is 0 Å². The lowest BCUT2D eigenvalue weighted by molar-refractivity contribution is -0.384. The summed E-state index contributed by atoms with van der Waals surface area (Å²) >= 11 is 0. The summed E-state index contributed by atoms with van der Waals surface area (Å²) in [7, 11) is 0. The number of hydrogen-bond donors (Lipinski definition) is 3. The van der Waals surface area contributed by atoms with Gasteiger partial charge in [-0.3, -0.25) is 29.3 Å². The van der Waals surface area contributed by atoms with Gasteiger partial charge in [0, 0.05) is 43.2 Å². The Morgan fingerprint density at radius 3 is 2.50 bits per heavy atom. The summed E-state index contributed by atoms with van der Waals surface area (Å²) in [5, 5.41) is 16.1. The number of benzene rings is 1. The molecule has 2 aromatic rings. The van der Waals surface area contributed by atoms with E-state index >= 15 is 0 Å². The number of nitro benzene ring substituents is 1. The first kappa shape index (κ1) is 16.9. The van der Waals surface area contributed by atoms with E-state index in [9.17, 15) is 24.5 Å². The summed E-state index contributed by atoms with van der Waals surface area (Å²) in [6.45, 7) is 0.505. The molecule has 0 aliphatic carbocycles. The van der Waals surface area contributed by atoms with Gasteiger partial charge in [-0.15, -0.1) is 0 Å². The molecule has 1 aromatic heterocycles. The number of carbonyl (C=O) groups excluding carboxylic acids is 1. The number of aromatic nitrogens is 2. The van der Waals surface area contributed by atoms with E-state index in [0.717, 1.165) is 10.6 Å². The molecule has 0 radical (unpaired) electrons. The van der Waals surface area contributed by atoms with Crippen LogP contribution in [0.3, 0.4) is 0 Å². The van der Waals surface area contributed by atoms with E-state index in [1.165, 1.54) is 18.3 Å². The highest BCUT2D eigenvalue weighted by Crippen LogP contribution is 2.14. The third-order valence-electron chi connectivity index (χ3n) is 3.07. The highest BCUT2D eigenvalue weighted by Gasteiger charge is 2.05. The van der Waals surface area contributed by atoms with Gasteiger partial charge in [0.2, 0.25) is 5.91 Å². The lowest BCUT2D eigenvalue weighted by Crippen LogP contribution is -2.36. The molecule has 24 heavy (non-hydrogen) atoms. The van der Waals surface area contributed by atoms with Crippen LogP contribution in [-0.2, 0) is 11.3 Å². The zero-order valence-electron chi connectivity index (χ0n) is 12.5. The van der Waals surface area contributed by atoms with Gasteiger partial charge in [0.15, 0.2) is 0 Å². The summed E-state index contributed by atoms with van der Waals surface area (Å²) < 4.78 is 1.08. The molecule has 2 rings (SSSR count). The maximum absolute atomic E-state index is 11.7. The van der Waals surface area contributed by atoms with Crippen LogP contribution in [0, 0.1) is 10.1 Å². The molecule has 0 aliphatic heterocycles. The fourth-order valence-corrected chi connectivity index (χ4v) is 1.89. The van der Waals surface area contributed by atoms with Crippen LogP contribution < -0.4 is 21.9 Å². The molecule has 0 saturated carbocycles. The van der Waals surface area contributed by atoms with Gasteiger partial charge in [-0.05, 0) is 12.1 Å². The number of aromatic amines is 1. The minimum Gasteiger partial charge on any atom is -0.383 e. The molecule has 3 N–H and O–H groups in total. The molecule has 0 aliphatic rings. The Bertz CT molecular complexity index is 840. The predicted molar refractivity (Wildman–Crippen MR) is 85.9 cm³/mol. The van der Waals surface area contributed by atoms with E-state index in [4.69, 9.17) is 0 Å². The first-order valence-corrected chi connectivity index (χ1v) is 7.00. The number of carbonyl (C=O) groups is 1. The smallest absolute Gasteiger partial charge is 0.328 e. The summed E-state index contributed by atoms with van der Waals surface area (Å²) in [6, 6.07) is 7.05. The first-order chi connectivity index (χ1) is 11.5. The predicted octanol–water partition coefficient (Wildman–Crippen LogP) is -0.327. The third kappa shape index (κ3) is 4.80. The Hall–Kier alpha value is -3.43. The van der Waals surface area contributed by atoms with Crippen LogP contribution in [-0.4, -0.2) is 33.5 Å². The molecule has 126 valence electrons. The van der Waals surface area contributed by atoms with Crippen molar-refractivity contribution >= 4 is 17.3 Å². The second kappa shape index (κ2) is 7.72. The van der Waals surface area contributed by atoms with Crippen LogP contribution in [0.1, 0.15) is 0 Å². The van der Waals surface area contributed by atoms with Gasteiger partial charge >= 0.3 is 5.69 Å². The van der Waals surface area contributed by atoms with Crippen molar-refractivity contribution in [1.29, 1.82) is 0 Å². The van der Waals surface area contributed by atoms with Gasteiger partial charge in [-0.1, -0.05) is 0 Å². The van der Waals surface area contributed by atoms with E-state index in [0.29, 0.717) is 18.8 Å². The molecule has 10 heteroatoms. The molecule has 0 unspecified atom stereocenters. The lowest BCUT2D eigenvalue weighted by Gasteiger charge is -2.08. The quantitative estimate of drug-likeness (QED) is 0.360. The van der Waals surface area contributed by atoms with Crippen molar-refractivity contribution in [1.82, 2.24) is 14.9 Å². The molecule has 0 fully saturated rings. The molecule has 10 nitrogen and oxygen atoms in total. The maximum atomic E-state index is 11.7. The Morgan fingerprint density at radius 2 is 1.88 bits per heavy atom. The average molecular weight is 333 g/mol. The van der Waals surface area contributed by atoms with Crippen molar-refractivity contribution in [3.63, 3.8) is 0 Å². The fraction of sp³-hybridized carbons (Fsp3) is 0.214. The van der Waals surface area contributed by atoms with Gasteiger partial charge in [0.25, 0.3) is 11.2 Å². The highest BCUT2D eigenvalue weighted by atomic mass is 16.6. The number of H-pyrrole nitrogens is 1. The van der Waals surface area contributed by atoms with Gasteiger partial charge in [0.05, 0.1) is 4.92 Å². The molecule has 0 saturated heterocycles. The summed E-state index contributed by atoms with van der Waals surface area (Å²) in [5.74, 6) is -0.380. The van der Waals surface area contributed by atoms with E-state index in [1.807, 2.05) is 0 Å². The fourth-order valence-electron chi connectivity index (χ4n) is 1.89. The molecule has 1 heterocycles. The van der Waals surface area contributed by atoms with Crippen LogP contribution in [0.5, 0.6) is 0 Å². The largest absolute Gasteiger partial charge is 0.383 e. The van der Waals surface area contributed by atoms with Crippen LogP contribution in [0.15, 0.2) is 46.1 Å². The van der Waals surface area contributed by atoms with Gasteiger partial charge in [0.1, 0.15) is 6.54 Å². The lowest BCUT2D eigenvalue weighted by atomic mass is 10.3. The topological polar surface area (TPSA) is 139 Å². The zero-order valence-corrected chi connectivity index (χ0v) is 12.5. The van der Waals surface area contributed by atoms with E-state index in [2.05, 4.69) is 15.6 Å². The van der Waals surface area contributed by atoms with E-state index in [1.54, 1.807) is 12.1 Å². The molecule has 1 aromatic carbocycles. The second-order valence-electron chi connectivity index (χ2n) is 4.82. The van der Waals surface area contributed by atoms with Crippen LogP contribution in [0.25, 0.3) is 0 Å². The minimum atomic E-state index is -0.651. The third-order valence-corrected chi connectivity index (χ3v) is 3.07. The number of anilines is 1. The van der Waals surface area contributed by atoms with Crippen molar-refractivity contribution in [2.45, 2.75) is 6.54 Å². The number of non-ortho nitro benzene ring substituents is 1. The van der Waals surface area contributed by atoms with Crippen LogP contribution in [0.2, 0.25) is 0 Å². The zero-order chi connectivity index (χ0) is 17.5. The molecule has 1 amide bonds. The molecule has 0 bridgehead atoms. The Balaban J connectivity index is 1.75. The van der Waals surface area contributed by atoms with E-state index < -0.39 is 16.2 Å². The van der Waals surface area contributed by atoms with Crippen LogP contribution >= 0.6 is 0 Å². The van der Waals surface area contributed by atoms with Crippen LogP contribution in [0.4, 0.5) is 11.4 Å². The number of nitrogens with one attached hydrogen (secondary N) is 3. The van der Waals surface area contributed by atoms with E-state index in [-0.39, 0.29) is 18.1 Å². The van der Waals surface area contributed by atoms with Crippen molar-refractivity contribution in [2.75, 3.05) is 18.4 Å². The number of hydrogen-bond acceptors (Lipinski definition) is 6. The normalized spacial score (nSPS) is 10.2. The van der Waals surface area contributed by atoms with Gasteiger partial charge < -0.3 is 10.6 Å². The standard InChI is InChI=1S/C14H15N5O5/c20-12-5-8-18(14(22)17-12)9-13(21)16-7-6-15-10-1-3-11(4-2-10)19(23)24/h1-5,8,15H,6-7,9H2,(H,16,21)(H,17,20,22). The van der Waals surface area contributed by atoms with Gasteiger partial charge in [-0.2, -0.15) is 0 Å². The Morgan fingerprint density at radius 1 is 1.17 bits per heavy atom. The molecular weight excluding hydrogens is 318 g/mol. The molecule has 0 spiro atoms. The number of rotatable bonds is 7. The number of nitrogens with zero attached hydrogens (tertiary/aromatic N) is 2. The highest BCUT2D eigenvalue weighted by molar-refractivity contribution is 5.75. The number of nitro groups is 1. The average Bonchev–Trinajstić information content (AvgIpc) is 2.55. The Kier molecular flexibility index (Phi) is 5.45. The minimum absolute atomic E-state index is 0.000183. The Labute approximate surface area is 135 Å². The van der Waals surface area contributed by atoms with Gasteiger partial charge in [-0.25, -0.2) is 4.79 Å². The molecular formula is C14H15N5O5. The summed E-state index contributed by atoms with van der Waals surface area (Å²) in [5.41, 5.74) is -0.488. The SMILES string of the molecule is O=C(Cn1ccc(=O)[nH]c1=O)NCCNc1ccc([N+](=O)[O-])cc1. The first-order valence-electron chi connectivity index (χ1n) is 7.00. The maximum Gasteiger partial charge on any atom is 0.328 e. The molecule has 0 atom stereocenters. The summed E-state index contributed by atoms with van der Waals surface area (Å²) in [4.78, 5) is 46.2. The van der Waals surface area contributed by atoms with Crippen molar-refractivity contribution < 1.29 is 9.72 Å².